The molecule has 2 heterocycles. The van der Waals surface area contributed by atoms with Crippen molar-refractivity contribution in [3.8, 4) is 0 Å². The van der Waals surface area contributed by atoms with E-state index in [0.717, 1.165) is 31.8 Å². The lowest BCUT2D eigenvalue weighted by molar-refractivity contribution is -0.133. The number of likely N-dealkylation sites (tertiary alicyclic amines) is 2. The monoisotopic (exact) mass is 296 g/mol. The van der Waals surface area contributed by atoms with Crippen LogP contribution < -0.4 is 5.73 Å². The lowest BCUT2D eigenvalue weighted by Gasteiger charge is -2.43. The Bertz CT molecular complexity index is 337. The number of hydrogen-bond donors (Lipinski definition) is 1. The molecule has 0 bridgehead atoms. The van der Waals surface area contributed by atoms with Crippen LogP contribution in [0.5, 0.6) is 0 Å². The first-order valence-electron chi connectivity index (χ1n) is 8.40. The summed E-state index contributed by atoms with van der Waals surface area (Å²) in [5, 5.41) is 0. The summed E-state index contributed by atoms with van der Waals surface area (Å²) in [6.07, 6.45) is 4.88. The summed E-state index contributed by atoms with van der Waals surface area (Å²) in [6.45, 7) is 7.18. The van der Waals surface area contributed by atoms with Crippen molar-refractivity contribution in [2.75, 3.05) is 46.8 Å². The summed E-state index contributed by atoms with van der Waals surface area (Å²) in [6, 6.07) is 0.299. The van der Waals surface area contributed by atoms with Crippen molar-refractivity contribution in [1.29, 1.82) is 0 Å². The molecule has 0 aromatic carbocycles. The fraction of sp³-hybridized carbons (Fsp3) is 0.938. The lowest BCUT2D eigenvalue weighted by atomic mass is 9.93. The summed E-state index contributed by atoms with van der Waals surface area (Å²) in [4.78, 5) is 18.9. The summed E-state index contributed by atoms with van der Waals surface area (Å²) >= 11 is 0. The zero-order chi connectivity index (χ0) is 15.4. The van der Waals surface area contributed by atoms with Gasteiger partial charge in [-0.1, -0.05) is 0 Å². The van der Waals surface area contributed by atoms with Gasteiger partial charge in [-0.15, -0.1) is 0 Å². The smallest absolute Gasteiger partial charge is 0.239 e. The molecule has 5 heteroatoms. The van der Waals surface area contributed by atoms with Crippen molar-refractivity contribution >= 4 is 5.91 Å². The van der Waals surface area contributed by atoms with Gasteiger partial charge in [0.15, 0.2) is 0 Å². The van der Waals surface area contributed by atoms with Crippen LogP contribution in [-0.2, 0) is 4.79 Å². The summed E-state index contributed by atoms with van der Waals surface area (Å²) in [5.41, 5.74) is 5.70. The van der Waals surface area contributed by atoms with Gasteiger partial charge in [-0.05, 0) is 59.2 Å². The molecule has 2 aliphatic rings. The van der Waals surface area contributed by atoms with Gasteiger partial charge in [0.2, 0.25) is 5.91 Å². The average Bonchev–Trinajstić information content (AvgIpc) is 2.46. The Morgan fingerprint density at radius 2 is 1.90 bits per heavy atom. The van der Waals surface area contributed by atoms with Crippen LogP contribution in [0.15, 0.2) is 0 Å². The Balaban J connectivity index is 1.80. The zero-order valence-electron chi connectivity index (χ0n) is 13.9. The number of carbonyl (C=O) groups excluding carboxylic acids is 1. The molecule has 2 N–H and O–H groups in total. The van der Waals surface area contributed by atoms with Crippen molar-refractivity contribution in [2.45, 2.75) is 44.7 Å². The Kier molecular flexibility index (Phi) is 6.02. The first-order valence-corrected chi connectivity index (χ1v) is 8.40. The second kappa shape index (κ2) is 7.56. The van der Waals surface area contributed by atoms with Crippen LogP contribution >= 0.6 is 0 Å². The van der Waals surface area contributed by atoms with Crippen LogP contribution in [0.3, 0.4) is 0 Å². The number of amides is 1. The van der Waals surface area contributed by atoms with Gasteiger partial charge in [-0.2, -0.15) is 0 Å². The van der Waals surface area contributed by atoms with Gasteiger partial charge in [0.25, 0.3) is 0 Å². The predicted molar refractivity (Wildman–Crippen MR) is 86.1 cm³/mol. The van der Waals surface area contributed by atoms with Gasteiger partial charge >= 0.3 is 0 Å². The van der Waals surface area contributed by atoms with Crippen molar-refractivity contribution in [3.63, 3.8) is 0 Å². The molecule has 0 radical (unpaired) electrons. The highest BCUT2D eigenvalue weighted by Gasteiger charge is 2.30. The second-order valence-corrected chi connectivity index (χ2v) is 7.11. The highest BCUT2D eigenvalue weighted by Crippen LogP contribution is 2.24. The number of piperidine rings is 2. The molecule has 21 heavy (non-hydrogen) atoms. The maximum Gasteiger partial charge on any atom is 0.239 e. The molecule has 2 fully saturated rings. The van der Waals surface area contributed by atoms with E-state index in [1.807, 2.05) is 4.90 Å². The highest BCUT2D eigenvalue weighted by molar-refractivity contribution is 5.81. The Hall–Kier alpha value is -0.650. The Morgan fingerprint density at radius 1 is 1.24 bits per heavy atom. The van der Waals surface area contributed by atoms with Crippen LogP contribution in [0.4, 0.5) is 0 Å². The third kappa shape index (κ3) is 4.66. The molecule has 0 aromatic rings. The van der Waals surface area contributed by atoms with E-state index in [0.29, 0.717) is 6.04 Å². The number of carbonyl (C=O) groups is 1. The molecule has 0 saturated carbocycles. The molecular weight excluding hydrogens is 264 g/mol. The molecule has 0 aliphatic carbocycles. The van der Waals surface area contributed by atoms with Crippen molar-refractivity contribution in [3.05, 3.63) is 0 Å². The molecule has 122 valence electrons. The third-order valence-corrected chi connectivity index (χ3v) is 4.86. The fourth-order valence-electron chi connectivity index (χ4n) is 3.83. The van der Waals surface area contributed by atoms with Crippen LogP contribution in [0.2, 0.25) is 0 Å². The van der Waals surface area contributed by atoms with Crippen LogP contribution in [0.1, 0.15) is 32.6 Å². The Labute approximate surface area is 129 Å². The molecule has 0 aromatic heterocycles. The van der Waals surface area contributed by atoms with Gasteiger partial charge in [0.1, 0.15) is 0 Å². The maximum atomic E-state index is 11.9. The second-order valence-electron chi connectivity index (χ2n) is 7.11. The van der Waals surface area contributed by atoms with Crippen LogP contribution in [0, 0.1) is 5.92 Å². The average molecular weight is 296 g/mol. The van der Waals surface area contributed by atoms with E-state index in [1.165, 1.54) is 32.5 Å². The van der Waals surface area contributed by atoms with Gasteiger partial charge in [0, 0.05) is 32.2 Å². The molecule has 1 unspecified atom stereocenters. The van der Waals surface area contributed by atoms with Gasteiger partial charge in [-0.25, -0.2) is 0 Å². The topological polar surface area (TPSA) is 52.8 Å². The molecule has 1 amide bonds. The van der Waals surface area contributed by atoms with E-state index in [9.17, 15) is 4.79 Å². The lowest BCUT2D eigenvalue weighted by Crippen LogP contribution is -2.52. The quantitative estimate of drug-likeness (QED) is 0.825. The van der Waals surface area contributed by atoms with E-state index in [1.54, 1.807) is 6.92 Å². The van der Waals surface area contributed by atoms with E-state index in [-0.39, 0.29) is 11.9 Å². The number of rotatable bonds is 4. The van der Waals surface area contributed by atoms with Gasteiger partial charge < -0.3 is 15.5 Å². The standard InChI is InChI=1S/C16H32N4O/c1-13(17)16(21)19-9-6-15(7-10-19)20-8-4-5-14(12-20)11-18(2)3/h13-15H,4-12,17H2,1-3H3/t13-,14?/m0/s1. The summed E-state index contributed by atoms with van der Waals surface area (Å²) in [7, 11) is 4.33. The molecular formula is C16H32N4O. The summed E-state index contributed by atoms with van der Waals surface area (Å²) in [5.74, 6) is 0.912. The minimum atomic E-state index is -0.360. The molecule has 2 aliphatic heterocycles. The van der Waals surface area contributed by atoms with Crippen LogP contribution in [0.25, 0.3) is 0 Å². The molecule has 2 rings (SSSR count). The highest BCUT2D eigenvalue weighted by atomic mass is 16.2. The molecule has 2 saturated heterocycles. The number of nitrogens with zero attached hydrogens (tertiary/aromatic N) is 3. The first-order chi connectivity index (χ1) is 9.97. The van der Waals surface area contributed by atoms with E-state index in [4.69, 9.17) is 5.73 Å². The molecule has 5 nitrogen and oxygen atoms in total. The molecule has 0 spiro atoms. The SMILES string of the molecule is C[C@H](N)C(=O)N1CCC(N2CCCC(CN(C)C)C2)CC1. The van der Waals surface area contributed by atoms with E-state index < -0.39 is 0 Å². The van der Waals surface area contributed by atoms with Crippen molar-refractivity contribution < 1.29 is 4.79 Å². The fourth-order valence-corrected chi connectivity index (χ4v) is 3.83. The Morgan fingerprint density at radius 3 is 2.48 bits per heavy atom. The van der Waals surface area contributed by atoms with Gasteiger partial charge in [-0.3, -0.25) is 9.69 Å². The molecule has 2 atom stereocenters. The van der Waals surface area contributed by atoms with Crippen molar-refractivity contribution in [2.24, 2.45) is 11.7 Å². The minimum absolute atomic E-state index is 0.109. The van der Waals surface area contributed by atoms with Crippen LogP contribution in [-0.4, -0.2) is 79.5 Å². The number of nitrogens with two attached hydrogens (primary N) is 1. The normalized spacial score (nSPS) is 27.1. The zero-order valence-corrected chi connectivity index (χ0v) is 13.9. The third-order valence-electron chi connectivity index (χ3n) is 4.86. The largest absolute Gasteiger partial charge is 0.341 e. The maximum absolute atomic E-state index is 11.9. The van der Waals surface area contributed by atoms with E-state index in [2.05, 4.69) is 23.9 Å². The first kappa shape index (κ1) is 16.7. The summed E-state index contributed by atoms with van der Waals surface area (Å²) < 4.78 is 0. The van der Waals surface area contributed by atoms with Crippen molar-refractivity contribution in [1.82, 2.24) is 14.7 Å². The van der Waals surface area contributed by atoms with E-state index >= 15 is 0 Å². The van der Waals surface area contributed by atoms with Gasteiger partial charge in [0.05, 0.1) is 6.04 Å². The number of hydrogen-bond acceptors (Lipinski definition) is 4. The minimum Gasteiger partial charge on any atom is -0.341 e. The predicted octanol–water partition coefficient (Wildman–Crippen LogP) is 0.598.